The monoisotopic (exact) mass is 369 g/mol. The standard InChI is InChI=1S/C21H23NO5/c1-14-6-5-7-18(15(14)2)22-20(23)13-27-21(24)11-8-16-12-17(25-3)9-10-19(16)26-4/h5-12H,13H2,1-4H3,(H,22,23)/b11-8+. The molecule has 1 N–H and O–H groups in total. The molecule has 142 valence electrons. The lowest BCUT2D eigenvalue weighted by Gasteiger charge is -2.10. The molecule has 0 unspecified atom stereocenters. The van der Waals surface area contributed by atoms with Crippen molar-refractivity contribution in [1.82, 2.24) is 0 Å². The van der Waals surface area contributed by atoms with Gasteiger partial charge in [-0.15, -0.1) is 0 Å². The largest absolute Gasteiger partial charge is 0.497 e. The Labute approximate surface area is 158 Å². The molecule has 6 heteroatoms. The average Bonchev–Trinajstić information content (AvgIpc) is 2.68. The second-order valence-electron chi connectivity index (χ2n) is 5.84. The highest BCUT2D eigenvalue weighted by Crippen LogP contribution is 2.25. The first-order valence-corrected chi connectivity index (χ1v) is 8.37. The molecule has 0 aliphatic heterocycles. The summed E-state index contributed by atoms with van der Waals surface area (Å²) >= 11 is 0. The second kappa shape index (κ2) is 9.43. The molecule has 0 spiro atoms. The molecule has 27 heavy (non-hydrogen) atoms. The van der Waals surface area contributed by atoms with E-state index >= 15 is 0 Å². The van der Waals surface area contributed by atoms with Gasteiger partial charge in [-0.25, -0.2) is 4.79 Å². The van der Waals surface area contributed by atoms with Crippen molar-refractivity contribution < 1.29 is 23.8 Å². The van der Waals surface area contributed by atoms with Gasteiger partial charge in [-0.1, -0.05) is 12.1 Å². The summed E-state index contributed by atoms with van der Waals surface area (Å²) in [5, 5.41) is 2.74. The van der Waals surface area contributed by atoms with E-state index in [1.54, 1.807) is 37.5 Å². The van der Waals surface area contributed by atoms with Crippen molar-refractivity contribution >= 4 is 23.6 Å². The molecule has 0 saturated carbocycles. The number of anilines is 1. The molecule has 0 saturated heterocycles. The highest BCUT2D eigenvalue weighted by Gasteiger charge is 2.09. The zero-order chi connectivity index (χ0) is 19.8. The van der Waals surface area contributed by atoms with Crippen molar-refractivity contribution in [3.63, 3.8) is 0 Å². The molecule has 1 amide bonds. The maximum atomic E-state index is 12.0. The zero-order valence-electron chi connectivity index (χ0n) is 15.9. The number of carbonyl (C=O) groups excluding carboxylic acids is 2. The number of methoxy groups -OCH3 is 2. The number of hydrogen-bond acceptors (Lipinski definition) is 5. The molecule has 2 aromatic carbocycles. The summed E-state index contributed by atoms with van der Waals surface area (Å²) in [4.78, 5) is 23.9. The molecule has 0 aliphatic carbocycles. The van der Waals surface area contributed by atoms with E-state index in [2.05, 4.69) is 5.32 Å². The number of ether oxygens (including phenoxy) is 3. The van der Waals surface area contributed by atoms with Crippen LogP contribution in [0, 0.1) is 13.8 Å². The van der Waals surface area contributed by atoms with Crippen molar-refractivity contribution in [2.75, 3.05) is 26.1 Å². The van der Waals surface area contributed by atoms with Crippen molar-refractivity contribution in [2.24, 2.45) is 0 Å². The van der Waals surface area contributed by atoms with Gasteiger partial charge in [0.1, 0.15) is 11.5 Å². The molecule has 0 atom stereocenters. The van der Waals surface area contributed by atoms with Gasteiger partial charge < -0.3 is 19.5 Å². The Kier molecular flexibility index (Phi) is 7.00. The summed E-state index contributed by atoms with van der Waals surface area (Å²) in [6.07, 6.45) is 2.79. The minimum Gasteiger partial charge on any atom is -0.497 e. The molecule has 0 fully saturated rings. The maximum absolute atomic E-state index is 12.0. The topological polar surface area (TPSA) is 73.9 Å². The zero-order valence-corrected chi connectivity index (χ0v) is 15.9. The van der Waals surface area contributed by atoms with Crippen LogP contribution >= 0.6 is 0 Å². The summed E-state index contributed by atoms with van der Waals surface area (Å²) in [6.45, 7) is 3.51. The number of aryl methyl sites for hydroxylation is 1. The van der Waals surface area contributed by atoms with Crippen LogP contribution in [0.2, 0.25) is 0 Å². The van der Waals surface area contributed by atoms with Gasteiger partial charge in [0.25, 0.3) is 5.91 Å². The van der Waals surface area contributed by atoms with Gasteiger partial charge in [0, 0.05) is 17.3 Å². The van der Waals surface area contributed by atoms with E-state index in [1.807, 2.05) is 26.0 Å². The smallest absolute Gasteiger partial charge is 0.331 e. The fraction of sp³-hybridized carbons (Fsp3) is 0.238. The lowest BCUT2D eigenvalue weighted by Crippen LogP contribution is -2.20. The second-order valence-corrected chi connectivity index (χ2v) is 5.84. The Morgan fingerprint density at radius 1 is 1.07 bits per heavy atom. The predicted octanol–water partition coefficient (Wildman–Crippen LogP) is 3.52. The number of nitrogens with one attached hydrogen (secondary N) is 1. The van der Waals surface area contributed by atoms with Crippen LogP contribution in [-0.4, -0.2) is 32.7 Å². The highest BCUT2D eigenvalue weighted by molar-refractivity contribution is 5.95. The van der Waals surface area contributed by atoms with Gasteiger partial charge in [-0.3, -0.25) is 4.79 Å². The molecular weight excluding hydrogens is 346 g/mol. The van der Waals surface area contributed by atoms with E-state index < -0.39 is 11.9 Å². The molecule has 0 radical (unpaired) electrons. The van der Waals surface area contributed by atoms with Crippen LogP contribution in [0.5, 0.6) is 11.5 Å². The van der Waals surface area contributed by atoms with Gasteiger partial charge in [-0.05, 0) is 55.3 Å². The Bertz CT molecular complexity index is 858. The molecule has 2 rings (SSSR count). The van der Waals surface area contributed by atoms with Crippen molar-refractivity contribution in [3.8, 4) is 11.5 Å². The number of benzene rings is 2. The van der Waals surface area contributed by atoms with E-state index in [1.165, 1.54) is 13.2 Å². The van der Waals surface area contributed by atoms with Crippen molar-refractivity contribution in [1.29, 1.82) is 0 Å². The summed E-state index contributed by atoms with van der Waals surface area (Å²) in [5.41, 5.74) is 3.41. The first kappa shape index (κ1) is 20.0. The van der Waals surface area contributed by atoms with Gasteiger partial charge in [0.2, 0.25) is 0 Å². The molecule has 0 aliphatic rings. The molecule has 2 aromatic rings. The minimum atomic E-state index is -0.629. The number of esters is 1. The fourth-order valence-electron chi connectivity index (χ4n) is 2.39. The van der Waals surface area contributed by atoms with E-state index in [9.17, 15) is 9.59 Å². The van der Waals surface area contributed by atoms with Crippen molar-refractivity contribution in [2.45, 2.75) is 13.8 Å². The first-order chi connectivity index (χ1) is 12.9. The lowest BCUT2D eigenvalue weighted by atomic mass is 10.1. The average molecular weight is 369 g/mol. The van der Waals surface area contributed by atoms with Crippen molar-refractivity contribution in [3.05, 3.63) is 59.2 Å². The van der Waals surface area contributed by atoms with Crippen LogP contribution in [0.15, 0.2) is 42.5 Å². The number of rotatable bonds is 7. The van der Waals surface area contributed by atoms with Gasteiger partial charge in [0.15, 0.2) is 6.61 Å². The quantitative estimate of drug-likeness (QED) is 0.597. The maximum Gasteiger partial charge on any atom is 0.331 e. The number of carbonyl (C=O) groups is 2. The SMILES string of the molecule is COc1ccc(OC)c(/C=C/C(=O)OCC(=O)Nc2cccc(C)c2C)c1. The Morgan fingerprint density at radius 3 is 2.56 bits per heavy atom. The summed E-state index contributed by atoms with van der Waals surface area (Å²) in [7, 11) is 3.09. The third-order valence-corrected chi connectivity index (χ3v) is 4.06. The molecule has 6 nitrogen and oxygen atoms in total. The van der Waals surface area contributed by atoms with Crippen LogP contribution in [-0.2, 0) is 14.3 Å². The minimum absolute atomic E-state index is 0.369. The highest BCUT2D eigenvalue weighted by atomic mass is 16.5. The Hall–Kier alpha value is -3.28. The van der Waals surface area contributed by atoms with Crippen LogP contribution in [0.4, 0.5) is 5.69 Å². The number of hydrogen-bond donors (Lipinski definition) is 1. The third-order valence-electron chi connectivity index (χ3n) is 4.06. The van der Waals surface area contributed by atoms with E-state index in [4.69, 9.17) is 14.2 Å². The fourth-order valence-corrected chi connectivity index (χ4v) is 2.39. The van der Waals surface area contributed by atoms with E-state index in [0.717, 1.165) is 11.1 Å². The van der Waals surface area contributed by atoms with Crippen LogP contribution in [0.1, 0.15) is 16.7 Å². The Balaban J connectivity index is 1.93. The normalized spacial score (nSPS) is 10.5. The van der Waals surface area contributed by atoms with Crippen LogP contribution in [0.25, 0.3) is 6.08 Å². The Morgan fingerprint density at radius 2 is 1.85 bits per heavy atom. The predicted molar refractivity (Wildman–Crippen MR) is 104 cm³/mol. The molecular formula is C21H23NO5. The van der Waals surface area contributed by atoms with Gasteiger partial charge in [0.05, 0.1) is 14.2 Å². The summed E-state index contributed by atoms with van der Waals surface area (Å²) in [5.74, 6) is 0.199. The van der Waals surface area contributed by atoms with E-state index in [-0.39, 0.29) is 6.61 Å². The molecule has 0 aromatic heterocycles. The van der Waals surface area contributed by atoms with Crippen LogP contribution in [0.3, 0.4) is 0 Å². The third kappa shape index (κ3) is 5.60. The molecule has 0 bridgehead atoms. The van der Waals surface area contributed by atoms with Crippen LogP contribution < -0.4 is 14.8 Å². The first-order valence-electron chi connectivity index (χ1n) is 8.37. The van der Waals surface area contributed by atoms with Gasteiger partial charge in [-0.2, -0.15) is 0 Å². The number of amides is 1. The van der Waals surface area contributed by atoms with E-state index in [0.29, 0.717) is 22.7 Å². The van der Waals surface area contributed by atoms with Gasteiger partial charge >= 0.3 is 5.97 Å². The summed E-state index contributed by atoms with van der Waals surface area (Å²) in [6, 6.07) is 10.8. The lowest BCUT2D eigenvalue weighted by molar-refractivity contribution is -0.142. The molecule has 0 heterocycles. The summed E-state index contributed by atoms with van der Waals surface area (Å²) < 4.78 is 15.4.